The van der Waals surface area contributed by atoms with Gasteiger partial charge in [0.25, 0.3) is 0 Å². The molecule has 108 valence electrons. The molecule has 0 saturated heterocycles. The van der Waals surface area contributed by atoms with Gasteiger partial charge in [-0.15, -0.1) is 0 Å². The molecular weight excluding hydrogens is 284 g/mol. The third-order valence-corrected chi connectivity index (χ3v) is 2.66. The molecule has 0 aromatic heterocycles. The van der Waals surface area contributed by atoms with Gasteiger partial charge in [-0.25, -0.2) is 9.59 Å². The van der Waals surface area contributed by atoms with E-state index in [2.05, 4.69) is 17.9 Å². The van der Waals surface area contributed by atoms with Crippen LogP contribution in [-0.4, -0.2) is 34.7 Å². The fourth-order valence-electron chi connectivity index (χ4n) is 1.40. The molecule has 0 heterocycles. The fraction of sp³-hybridized carbons (Fsp3) is 0.250. The van der Waals surface area contributed by atoms with Gasteiger partial charge >= 0.3 is 11.9 Å². The predicted octanol–water partition coefficient (Wildman–Crippen LogP) is 0.307. The summed E-state index contributed by atoms with van der Waals surface area (Å²) in [6, 6.07) is 2.86. The number of nitrogens with one attached hydrogen (secondary N) is 1. The summed E-state index contributed by atoms with van der Waals surface area (Å²) in [4.78, 5) is 33.8. The van der Waals surface area contributed by atoms with E-state index in [0.717, 1.165) is 0 Å². The van der Waals surface area contributed by atoms with Gasteiger partial charge in [0.1, 0.15) is 17.4 Å². The van der Waals surface area contributed by atoms with Crippen LogP contribution in [0.15, 0.2) is 18.2 Å². The summed E-state index contributed by atoms with van der Waals surface area (Å²) >= 11 is 3.93. The van der Waals surface area contributed by atoms with E-state index in [9.17, 15) is 14.4 Å². The summed E-state index contributed by atoms with van der Waals surface area (Å²) in [6.07, 6.45) is 0. The number of carboxylic acid groups (broad SMARTS) is 1. The SMILES string of the molecule is CC(=O)NC(CS)C(=O)Oc1cc(N)ccc1C(=O)O. The Labute approximate surface area is 120 Å². The van der Waals surface area contributed by atoms with Crippen molar-refractivity contribution in [2.45, 2.75) is 13.0 Å². The highest BCUT2D eigenvalue weighted by Gasteiger charge is 2.22. The fourth-order valence-corrected chi connectivity index (χ4v) is 1.64. The Morgan fingerprint density at radius 2 is 2.10 bits per heavy atom. The van der Waals surface area contributed by atoms with Crippen LogP contribution < -0.4 is 15.8 Å². The van der Waals surface area contributed by atoms with E-state index >= 15 is 0 Å². The minimum atomic E-state index is -1.25. The van der Waals surface area contributed by atoms with Gasteiger partial charge in [-0.3, -0.25) is 4.79 Å². The number of carbonyl (C=O) groups is 3. The highest BCUT2D eigenvalue weighted by molar-refractivity contribution is 7.80. The van der Waals surface area contributed by atoms with Gasteiger partial charge in [-0.05, 0) is 12.1 Å². The van der Waals surface area contributed by atoms with Gasteiger partial charge in [0.05, 0.1) is 0 Å². The molecule has 0 fully saturated rings. The van der Waals surface area contributed by atoms with Crippen molar-refractivity contribution < 1.29 is 24.2 Å². The molecule has 1 atom stereocenters. The van der Waals surface area contributed by atoms with E-state index in [-0.39, 0.29) is 22.8 Å². The van der Waals surface area contributed by atoms with E-state index < -0.39 is 23.9 Å². The van der Waals surface area contributed by atoms with Gasteiger partial charge in [0.15, 0.2) is 0 Å². The van der Waals surface area contributed by atoms with Crippen LogP contribution >= 0.6 is 12.6 Å². The number of nitrogen functional groups attached to an aromatic ring is 1. The largest absolute Gasteiger partial charge is 0.478 e. The number of thiol groups is 1. The van der Waals surface area contributed by atoms with Crippen LogP contribution in [0, 0.1) is 0 Å². The third kappa shape index (κ3) is 4.16. The first-order valence-electron chi connectivity index (χ1n) is 5.57. The van der Waals surface area contributed by atoms with Crippen molar-refractivity contribution in [3.8, 4) is 5.75 Å². The highest BCUT2D eigenvalue weighted by Crippen LogP contribution is 2.22. The average molecular weight is 298 g/mol. The summed E-state index contributed by atoms with van der Waals surface area (Å²) < 4.78 is 4.98. The van der Waals surface area contributed by atoms with Crippen LogP contribution in [0.5, 0.6) is 5.75 Å². The zero-order valence-electron chi connectivity index (χ0n) is 10.6. The number of benzene rings is 1. The van der Waals surface area contributed by atoms with Crippen molar-refractivity contribution in [1.82, 2.24) is 5.32 Å². The molecule has 0 aliphatic heterocycles. The van der Waals surface area contributed by atoms with Crippen LogP contribution in [0.1, 0.15) is 17.3 Å². The van der Waals surface area contributed by atoms with Crippen LogP contribution in [0.25, 0.3) is 0 Å². The lowest BCUT2D eigenvalue weighted by atomic mass is 10.2. The molecule has 1 aromatic carbocycles. The van der Waals surface area contributed by atoms with Crippen molar-refractivity contribution in [3.05, 3.63) is 23.8 Å². The van der Waals surface area contributed by atoms with Crippen molar-refractivity contribution in [2.24, 2.45) is 0 Å². The zero-order valence-corrected chi connectivity index (χ0v) is 11.5. The van der Waals surface area contributed by atoms with Crippen molar-refractivity contribution in [3.63, 3.8) is 0 Å². The normalized spacial score (nSPS) is 11.5. The van der Waals surface area contributed by atoms with Crippen LogP contribution in [-0.2, 0) is 9.59 Å². The number of carboxylic acids is 1. The number of hydrogen-bond acceptors (Lipinski definition) is 6. The summed E-state index contributed by atoms with van der Waals surface area (Å²) in [5.74, 6) is -2.66. The monoisotopic (exact) mass is 298 g/mol. The lowest BCUT2D eigenvalue weighted by molar-refractivity contribution is -0.138. The van der Waals surface area contributed by atoms with Crippen LogP contribution in [0.4, 0.5) is 5.69 Å². The quantitative estimate of drug-likeness (QED) is 0.269. The number of rotatable bonds is 5. The molecule has 1 unspecified atom stereocenters. The molecule has 0 spiro atoms. The lowest BCUT2D eigenvalue weighted by Gasteiger charge is -2.15. The maximum absolute atomic E-state index is 11.8. The van der Waals surface area contributed by atoms with E-state index in [1.54, 1.807) is 0 Å². The second kappa shape index (κ2) is 6.80. The smallest absolute Gasteiger partial charge is 0.339 e. The number of carbonyl (C=O) groups excluding carboxylic acids is 2. The first-order valence-corrected chi connectivity index (χ1v) is 6.21. The van der Waals surface area contributed by atoms with E-state index in [1.165, 1.54) is 25.1 Å². The van der Waals surface area contributed by atoms with E-state index in [4.69, 9.17) is 15.6 Å². The topological polar surface area (TPSA) is 119 Å². The molecule has 8 heteroatoms. The minimum Gasteiger partial charge on any atom is -0.478 e. The Kier molecular flexibility index (Phi) is 5.39. The molecule has 1 amide bonds. The maximum Gasteiger partial charge on any atom is 0.339 e. The number of esters is 1. The zero-order chi connectivity index (χ0) is 15.3. The summed E-state index contributed by atoms with van der Waals surface area (Å²) in [7, 11) is 0. The number of ether oxygens (including phenoxy) is 1. The van der Waals surface area contributed by atoms with Crippen LogP contribution in [0.2, 0.25) is 0 Å². The summed E-state index contributed by atoms with van der Waals surface area (Å²) in [6.45, 7) is 1.24. The second-order valence-electron chi connectivity index (χ2n) is 3.92. The van der Waals surface area contributed by atoms with Gasteiger partial charge in [-0.1, -0.05) is 0 Å². The van der Waals surface area contributed by atoms with Crippen LogP contribution in [0.3, 0.4) is 0 Å². The highest BCUT2D eigenvalue weighted by atomic mass is 32.1. The molecule has 4 N–H and O–H groups in total. The molecule has 0 aliphatic rings. The Bertz CT molecular complexity index is 547. The summed E-state index contributed by atoms with van der Waals surface area (Å²) in [5.41, 5.74) is 5.57. The molecule has 1 rings (SSSR count). The lowest BCUT2D eigenvalue weighted by Crippen LogP contribution is -2.43. The number of nitrogens with two attached hydrogens (primary N) is 1. The molecule has 0 saturated carbocycles. The second-order valence-corrected chi connectivity index (χ2v) is 4.28. The molecule has 1 aromatic rings. The Balaban J connectivity index is 2.96. The van der Waals surface area contributed by atoms with Gasteiger partial charge in [-0.2, -0.15) is 12.6 Å². The molecule has 0 bridgehead atoms. The number of aromatic carboxylic acids is 1. The average Bonchev–Trinajstić information content (AvgIpc) is 2.35. The first-order chi connectivity index (χ1) is 9.35. The Morgan fingerprint density at radius 3 is 2.60 bits per heavy atom. The third-order valence-electron chi connectivity index (χ3n) is 2.29. The number of amides is 1. The Morgan fingerprint density at radius 1 is 1.45 bits per heavy atom. The Hall–Kier alpha value is -2.22. The predicted molar refractivity (Wildman–Crippen MR) is 74.9 cm³/mol. The minimum absolute atomic E-state index is 0.0170. The summed E-state index contributed by atoms with van der Waals surface area (Å²) in [5, 5.41) is 11.3. The van der Waals surface area contributed by atoms with Gasteiger partial charge in [0.2, 0.25) is 5.91 Å². The van der Waals surface area contributed by atoms with Crippen molar-refractivity contribution in [1.29, 1.82) is 0 Å². The van der Waals surface area contributed by atoms with Crippen molar-refractivity contribution >= 4 is 36.2 Å². The standard InChI is InChI=1S/C12H14N2O5S/c1-6(15)14-9(5-20)12(18)19-10-4-7(13)2-3-8(10)11(16)17/h2-4,9,20H,5,13H2,1H3,(H,14,15)(H,16,17). The maximum atomic E-state index is 11.8. The molecule has 20 heavy (non-hydrogen) atoms. The van der Waals surface area contributed by atoms with E-state index in [0.29, 0.717) is 0 Å². The molecule has 0 radical (unpaired) electrons. The number of anilines is 1. The van der Waals surface area contributed by atoms with E-state index in [1.807, 2.05) is 0 Å². The van der Waals surface area contributed by atoms with Gasteiger partial charge < -0.3 is 20.9 Å². The molecular formula is C12H14N2O5S. The molecule has 0 aliphatic carbocycles. The first kappa shape index (κ1) is 15.8. The van der Waals surface area contributed by atoms with Crippen molar-refractivity contribution in [2.75, 3.05) is 11.5 Å². The van der Waals surface area contributed by atoms with Gasteiger partial charge in [0, 0.05) is 24.4 Å². The number of hydrogen-bond donors (Lipinski definition) is 4. The molecule has 7 nitrogen and oxygen atoms in total.